The van der Waals surface area contributed by atoms with E-state index in [9.17, 15) is 18.4 Å². The number of fused-ring (bicyclic) bond motifs is 1. The van der Waals surface area contributed by atoms with Crippen molar-refractivity contribution in [1.29, 1.82) is 0 Å². The average molecular weight is 518 g/mol. The molecule has 0 spiro atoms. The topological polar surface area (TPSA) is 127 Å². The Bertz CT molecular complexity index is 1360. The number of carbonyl (C=O) groups excluding carboxylic acids is 1. The Balaban J connectivity index is 1.78. The third-order valence-corrected chi connectivity index (χ3v) is 6.28. The molecule has 1 saturated heterocycles. The highest BCUT2D eigenvalue weighted by molar-refractivity contribution is 7.80. The maximum Gasteiger partial charge on any atom is 0.414 e. The molecule has 0 saturated carbocycles. The molecule has 10 nitrogen and oxygen atoms in total. The number of halogens is 1. The van der Waals surface area contributed by atoms with Crippen LogP contribution in [0.5, 0.6) is 5.75 Å². The lowest BCUT2D eigenvalue weighted by Gasteiger charge is -2.28. The van der Waals surface area contributed by atoms with Crippen LogP contribution in [0.3, 0.4) is 0 Å². The standard InChI is InChI=1S/C24H27FN4O6S/c1-28(2)24(31)34-16-6-7-17-19(14-29-10-8-26-9-11-29)18(23(30)35-21(17)13-16)12-15-4-3-5-20(22(15)25)27-36(32)33/h3-7,13,26-27H,8-12,14H2,1-2H3,(H,32,33)/p-1. The van der Waals surface area contributed by atoms with Crippen LogP contribution >= 0.6 is 0 Å². The fourth-order valence-electron chi connectivity index (χ4n) is 4.07. The molecule has 1 unspecified atom stereocenters. The molecule has 1 aliphatic rings. The van der Waals surface area contributed by atoms with Gasteiger partial charge in [-0.15, -0.1) is 0 Å². The van der Waals surface area contributed by atoms with Crippen LogP contribution < -0.4 is 20.4 Å². The highest BCUT2D eigenvalue weighted by Crippen LogP contribution is 2.29. The molecular weight excluding hydrogens is 491 g/mol. The number of anilines is 1. The average Bonchev–Trinajstić information content (AvgIpc) is 2.83. The van der Waals surface area contributed by atoms with Gasteiger partial charge in [0, 0.05) is 81.5 Å². The minimum atomic E-state index is -2.70. The zero-order valence-electron chi connectivity index (χ0n) is 19.8. The Morgan fingerprint density at radius 3 is 2.69 bits per heavy atom. The summed E-state index contributed by atoms with van der Waals surface area (Å²) in [4.78, 5) is 28.6. The largest absolute Gasteiger partial charge is 0.755 e. The smallest absolute Gasteiger partial charge is 0.414 e. The first-order chi connectivity index (χ1) is 17.2. The lowest BCUT2D eigenvalue weighted by molar-refractivity contribution is 0.172. The highest BCUT2D eigenvalue weighted by atomic mass is 32.2. The Morgan fingerprint density at radius 1 is 1.25 bits per heavy atom. The number of nitrogens with zero attached hydrogens (tertiary/aromatic N) is 2. The van der Waals surface area contributed by atoms with Crippen LogP contribution in [0, 0.1) is 5.82 Å². The van der Waals surface area contributed by atoms with Crippen molar-refractivity contribution in [3.63, 3.8) is 0 Å². The minimum Gasteiger partial charge on any atom is -0.755 e. The molecule has 0 bridgehead atoms. The fraction of sp³-hybridized carbons (Fsp3) is 0.333. The number of amides is 1. The number of ether oxygens (including phenoxy) is 1. The normalized spacial score (nSPS) is 15.0. The van der Waals surface area contributed by atoms with E-state index in [1.165, 1.54) is 29.2 Å². The summed E-state index contributed by atoms with van der Waals surface area (Å²) in [6.45, 7) is 3.56. The van der Waals surface area contributed by atoms with E-state index < -0.39 is 28.8 Å². The fourth-order valence-corrected chi connectivity index (χ4v) is 4.40. The van der Waals surface area contributed by atoms with Gasteiger partial charge in [-0.3, -0.25) is 9.11 Å². The quantitative estimate of drug-likeness (QED) is 0.361. The third-order valence-electron chi connectivity index (χ3n) is 5.89. The van der Waals surface area contributed by atoms with Gasteiger partial charge in [0.05, 0.1) is 5.69 Å². The van der Waals surface area contributed by atoms with Crippen molar-refractivity contribution in [2.75, 3.05) is 45.0 Å². The summed E-state index contributed by atoms with van der Waals surface area (Å²) in [5.74, 6) is -0.541. The Labute approximate surface area is 209 Å². The van der Waals surface area contributed by atoms with E-state index in [4.69, 9.17) is 9.15 Å². The molecule has 36 heavy (non-hydrogen) atoms. The molecule has 192 valence electrons. The molecule has 1 atom stereocenters. The van der Waals surface area contributed by atoms with E-state index in [1.54, 1.807) is 26.2 Å². The van der Waals surface area contributed by atoms with E-state index in [0.29, 0.717) is 17.5 Å². The number of benzene rings is 2. The second kappa shape index (κ2) is 11.2. The molecule has 1 fully saturated rings. The van der Waals surface area contributed by atoms with Gasteiger partial charge in [-0.25, -0.2) is 14.0 Å². The number of hydrogen-bond donors (Lipinski definition) is 2. The Morgan fingerprint density at radius 2 is 2.00 bits per heavy atom. The number of hydrogen-bond acceptors (Lipinski definition) is 8. The van der Waals surface area contributed by atoms with Crippen molar-refractivity contribution >= 4 is 34.0 Å². The van der Waals surface area contributed by atoms with Crippen molar-refractivity contribution in [2.24, 2.45) is 0 Å². The van der Waals surface area contributed by atoms with Gasteiger partial charge in [-0.2, -0.15) is 0 Å². The summed E-state index contributed by atoms with van der Waals surface area (Å²) in [7, 11) is 3.11. The van der Waals surface area contributed by atoms with Crippen molar-refractivity contribution < 1.29 is 27.1 Å². The van der Waals surface area contributed by atoms with Crippen LogP contribution in [0.4, 0.5) is 14.9 Å². The SMILES string of the molecule is CN(C)C(=O)Oc1ccc2c(CN3CCNCC3)c(Cc3cccc(NS(=O)[O-])c3F)c(=O)oc2c1. The zero-order valence-corrected chi connectivity index (χ0v) is 20.7. The van der Waals surface area contributed by atoms with Gasteiger partial charge in [0.2, 0.25) is 0 Å². The van der Waals surface area contributed by atoms with Gasteiger partial charge in [-0.05, 0) is 29.3 Å². The van der Waals surface area contributed by atoms with Gasteiger partial charge in [0.15, 0.2) is 5.82 Å². The summed E-state index contributed by atoms with van der Waals surface area (Å²) < 4.78 is 50.0. The summed E-state index contributed by atoms with van der Waals surface area (Å²) >= 11 is -2.70. The van der Waals surface area contributed by atoms with E-state index >= 15 is 4.39 Å². The molecule has 0 radical (unpaired) electrons. The van der Waals surface area contributed by atoms with Crippen LogP contribution in [0.1, 0.15) is 16.7 Å². The molecule has 1 aromatic heterocycles. The van der Waals surface area contributed by atoms with Gasteiger partial charge in [-0.1, -0.05) is 12.1 Å². The first-order valence-electron chi connectivity index (χ1n) is 11.3. The maximum atomic E-state index is 15.1. The zero-order chi connectivity index (χ0) is 25.8. The van der Waals surface area contributed by atoms with E-state index in [1.807, 2.05) is 4.72 Å². The molecule has 12 heteroatoms. The van der Waals surface area contributed by atoms with Crippen molar-refractivity contribution in [3.05, 3.63) is 69.3 Å². The predicted octanol–water partition coefficient (Wildman–Crippen LogP) is 2.19. The summed E-state index contributed by atoms with van der Waals surface area (Å²) in [6.07, 6.45) is -0.665. The second-order valence-corrected chi connectivity index (χ2v) is 9.26. The summed E-state index contributed by atoms with van der Waals surface area (Å²) in [5, 5.41) is 3.93. The lowest BCUT2D eigenvalue weighted by atomic mass is 9.97. The summed E-state index contributed by atoms with van der Waals surface area (Å²) in [6, 6.07) is 9.12. The van der Waals surface area contributed by atoms with Crippen molar-refractivity contribution in [3.8, 4) is 5.75 Å². The van der Waals surface area contributed by atoms with E-state index in [0.717, 1.165) is 26.2 Å². The first kappa shape index (κ1) is 25.8. The lowest BCUT2D eigenvalue weighted by Crippen LogP contribution is -2.43. The number of nitrogens with one attached hydrogen (secondary N) is 2. The van der Waals surface area contributed by atoms with Crippen LogP contribution in [0.15, 0.2) is 45.6 Å². The Kier molecular flexibility index (Phi) is 7.99. The van der Waals surface area contributed by atoms with E-state index in [-0.39, 0.29) is 34.6 Å². The molecule has 2 N–H and O–H groups in total. The van der Waals surface area contributed by atoms with Crippen LogP contribution in [0.25, 0.3) is 11.0 Å². The van der Waals surface area contributed by atoms with Crippen LogP contribution in [-0.4, -0.2) is 64.9 Å². The molecule has 4 rings (SSSR count). The van der Waals surface area contributed by atoms with Gasteiger partial charge < -0.3 is 28.6 Å². The molecule has 1 aliphatic heterocycles. The number of carbonyl (C=O) groups is 1. The molecular formula is C24H26FN4O6S-. The third kappa shape index (κ3) is 5.90. The molecule has 2 aromatic carbocycles. The van der Waals surface area contributed by atoms with Crippen molar-refractivity contribution in [2.45, 2.75) is 13.0 Å². The number of piperazine rings is 1. The van der Waals surface area contributed by atoms with Crippen LogP contribution in [0.2, 0.25) is 0 Å². The molecule has 0 aliphatic carbocycles. The maximum absolute atomic E-state index is 15.1. The number of rotatable bonds is 7. The van der Waals surface area contributed by atoms with Gasteiger partial charge in [0.25, 0.3) is 0 Å². The summed E-state index contributed by atoms with van der Waals surface area (Å²) in [5.41, 5.74) is 0.499. The van der Waals surface area contributed by atoms with Gasteiger partial charge in [0.1, 0.15) is 11.3 Å². The first-order valence-corrected chi connectivity index (χ1v) is 12.3. The minimum absolute atomic E-state index is 0.0933. The van der Waals surface area contributed by atoms with E-state index in [2.05, 4.69) is 10.2 Å². The second-order valence-electron chi connectivity index (χ2n) is 8.59. The molecule has 2 heterocycles. The molecule has 1 amide bonds. The van der Waals surface area contributed by atoms with Crippen molar-refractivity contribution in [1.82, 2.24) is 15.1 Å². The molecule has 3 aromatic rings. The Hall–Kier alpha value is -3.32. The highest BCUT2D eigenvalue weighted by Gasteiger charge is 2.21. The van der Waals surface area contributed by atoms with Crippen LogP contribution in [-0.2, 0) is 24.2 Å². The van der Waals surface area contributed by atoms with Gasteiger partial charge >= 0.3 is 11.7 Å². The predicted molar refractivity (Wildman–Crippen MR) is 132 cm³/mol. The monoisotopic (exact) mass is 517 g/mol.